The fourth-order valence-corrected chi connectivity index (χ4v) is 1.39. The molecule has 0 unspecified atom stereocenters. The molecule has 1 aliphatic heterocycles. The summed E-state index contributed by atoms with van der Waals surface area (Å²) in [4.78, 5) is 13.5. The van der Waals surface area contributed by atoms with Crippen LogP contribution >= 0.6 is 12.4 Å². The summed E-state index contributed by atoms with van der Waals surface area (Å²) < 4.78 is 0. The molecule has 1 aliphatic rings. The summed E-state index contributed by atoms with van der Waals surface area (Å²) in [5, 5.41) is 3.23. The number of piperazine rings is 1. The quantitative estimate of drug-likeness (QED) is 0.728. The third-order valence-corrected chi connectivity index (χ3v) is 2.05. The van der Waals surface area contributed by atoms with Crippen LogP contribution in [0.25, 0.3) is 0 Å². The van der Waals surface area contributed by atoms with E-state index in [1.807, 2.05) is 4.90 Å². The lowest BCUT2D eigenvalue weighted by molar-refractivity contribution is -0.132. The highest BCUT2D eigenvalue weighted by Gasteiger charge is 2.16. The number of rotatable bonds is 2. The van der Waals surface area contributed by atoms with Gasteiger partial charge in [-0.2, -0.15) is 0 Å². The molecule has 1 amide bonds. The zero-order valence-corrected chi connectivity index (χ0v) is 9.19. The molecule has 0 aliphatic carbocycles. The molecule has 13 heavy (non-hydrogen) atoms. The molecule has 1 saturated heterocycles. The fraction of sp³-hybridized carbons (Fsp3) is 0.889. The number of hydrogen-bond donors (Lipinski definition) is 1. The average molecular weight is 207 g/mol. The number of carbonyl (C=O) groups excluding carboxylic acids is 1. The molecular formula is C9H19ClN2O. The summed E-state index contributed by atoms with van der Waals surface area (Å²) in [5.74, 6) is 0.791. The van der Waals surface area contributed by atoms with Crippen molar-refractivity contribution in [3.8, 4) is 0 Å². The van der Waals surface area contributed by atoms with Gasteiger partial charge in [-0.1, -0.05) is 13.8 Å². The van der Waals surface area contributed by atoms with Crippen molar-refractivity contribution in [1.29, 1.82) is 0 Å². The summed E-state index contributed by atoms with van der Waals surface area (Å²) in [6.07, 6.45) is 0.694. The van der Waals surface area contributed by atoms with Crippen molar-refractivity contribution in [3.63, 3.8) is 0 Å². The van der Waals surface area contributed by atoms with Crippen molar-refractivity contribution >= 4 is 18.3 Å². The van der Waals surface area contributed by atoms with Crippen LogP contribution in [0.3, 0.4) is 0 Å². The molecule has 3 nitrogen and oxygen atoms in total. The molecule has 4 heteroatoms. The highest BCUT2D eigenvalue weighted by Crippen LogP contribution is 2.04. The van der Waals surface area contributed by atoms with Crippen LogP contribution in [0.15, 0.2) is 0 Å². The highest BCUT2D eigenvalue weighted by molar-refractivity contribution is 5.85. The first-order valence-corrected chi connectivity index (χ1v) is 4.68. The second-order valence-corrected chi connectivity index (χ2v) is 3.73. The van der Waals surface area contributed by atoms with Crippen LogP contribution in [0.1, 0.15) is 20.3 Å². The van der Waals surface area contributed by atoms with Gasteiger partial charge in [0.1, 0.15) is 0 Å². The van der Waals surface area contributed by atoms with Crippen molar-refractivity contribution in [2.24, 2.45) is 5.92 Å². The third-order valence-electron chi connectivity index (χ3n) is 2.05. The van der Waals surface area contributed by atoms with Gasteiger partial charge in [-0.3, -0.25) is 4.79 Å². The van der Waals surface area contributed by atoms with Crippen LogP contribution in [0.4, 0.5) is 0 Å². The van der Waals surface area contributed by atoms with Gasteiger partial charge in [-0.15, -0.1) is 12.4 Å². The van der Waals surface area contributed by atoms with E-state index in [0.717, 1.165) is 26.2 Å². The minimum atomic E-state index is 0. The van der Waals surface area contributed by atoms with E-state index in [9.17, 15) is 4.79 Å². The summed E-state index contributed by atoms with van der Waals surface area (Å²) in [5.41, 5.74) is 0. The maximum Gasteiger partial charge on any atom is 0.222 e. The van der Waals surface area contributed by atoms with Gasteiger partial charge in [-0.25, -0.2) is 0 Å². The van der Waals surface area contributed by atoms with Crippen molar-refractivity contribution in [3.05, 3.63) is 0 Å². The predicted molar refractivity (Wildman–Crippen MR) is 56.2 cm³/mol. The Morgan fingerprint density at radius 1 is 1.38 bits per heavy atom. The first-order valence-electron chi connectivity index (χ1n) is 4.68. The normalized spacial score (nSPS) is 17.0. The fourth-order valence-electron chi connectivity index (χ4n) is 1.39. The minimum Gasteiger partial charge on any atom is -0.340 e. The second kappa shape index (κ2) is 6.22. The Bertz CT molecular complexity index is 156. The first kappa shape index (κ1) is 12.7. The first-order chi connectivity index (χ1) is 5.70. The molecule has 1 rings (SSSR count). The topological polar surface area (TPSA) is 32.3 Å². The predicted octanol–water partition coefficient (Wildman–Crippen LogP) is 0.886. The molecule has 1 fully saturated rings. The van der Waals surface area contributed by atoms with Crippen LogP contribution in [0, 0.1) is 5.92 Å². The van der Waals surface area contributed by atoms with Crippen molar-refractivity contribution < 1.29 is 4.79 Å². The molecule has 0 aromatic carbocycles. The van der Waals surface area contributed by atoms with Crippen LogP contribution in [0.2, 0.25) is 0 Å². The Morgan fingerprint density at radius 2 is 1.92 bits per heavy atom. The molecule has 0 saturated carbocycles. The third kappa shape index (κ3) is 4.48. The van der Waals surface area contributed by atoms with E-state index in [4.69, 9.17) is 0 Å². The van der Waals surface area contributed by atoms with Crippen LogP contribution in [-0.2, 0) is 4.79 Å². The standard InChI is InChI=1S/C9H18N2O.ClH/c1-8(2)7-9(12)11-5-3-10-4-6-11;/h8,10H,3-7H2,1-2H3;1H. The van der Waals surface area contributed by atoms with Crippen LogP contribution < -0.4 is 5.32 Å². The van der Waals surface area contributed by atoms with E-state index in [-0.39, 0.29) is 12.4 Å². The summed E-state index contributed by atoms with van der Waals surface area (Å²) >= 11 is 0. The minimum absolute atomic E-state index is 0. The molecule has 0 bridgehead atoms. The summed E-state index contributed by atoms with van der Waals surface area (Å²) in [6, 6.07) is 0. The molecule has 0 spiro atoms. The number of nitrogens with zero attached hydrogens (tertiary/aromatic N) is 1. The molecule has 0 radical (unpaired) electrons. The average Bonchev–Trinajstić information content (AvgIpc) is 2.05. The molecule has 0 aromatic heterocycles. The van der Waals surface area contributed by atoms with E-state index in [1.165, 1.54) is 0 Å². The Kier molecular flexibility index (Phi) is 6.08. The van der Waals surface area contributed by atoms with Crippen molar-refractivity contribution in [1.82, 2.24) is 10.2 Å². The lowest BCUT2D eigenvalue weighted by Gasteiger charge is -2.28. The maximum absolute atomic E-state index is 11.5. The zero-order chi connectivity index (χ0) is 8.97. The number of nitrogens with one attached hydrogen (secondary N) is 1. The summed E-state index contributed by atoms with van der Waals surface area (Å²) in [6.45, 7) is 7.82. The van der Waals surface area contributed by atoms with Gasteiger partial charge < -0.3 is 10.2 Å². The zero-order valence-electron chi connectivity index (χ0n) is 8.38. The monoisotopic (exact) mass is 206 g/mol. The SMILES string of the molecule is CC(C)CC(=O)N1CCNCC1.Cl. The van der Waals surface area contributed by atoms with Gasteiger partial charge in [0.25, 0.3) is 0 Å². The van der Waals surface area contributed by atoms with Gasteiger partial charge in [0.15, 0.2) is 0 Å². The molecule has 0 aromatic rings. The summed E-state index contributed by atoms with van der Waals surface area (Å²) in [7, 11) is 0. The van der Waals surface area contributed by atoms with E-state index < -0.39 is 0 Å². The Labute approximate surface area is 86.3 Å². The van der Waals surface area contributed by atoms with Crippen molar-refractivity contribution in [2.45, 2.75) is 20.3 Å². The van der Waals surface area contributed by atoms with Gasteiger partial charge in [0.2, 0.25) is 5.91 Å². The Balaban J connectivity index is 0.00000144. The van der Waals surface area contributed by atoms with Crippen LogP contribution in [0.5, 0.6) is 0 Å². The molecule has 1 heterocycles. The smallest absolute Gasteiger partial charge is 0.222 e. The van der Waals surface area contributed by atoms with E-state index in [0.29, 0.717) is 18.2 Å². The van der Waals surface area contributed by atoms with E-state index in [1.54, 1.807) is 0 Å². The van der Waals surface area contributed by atoms with Gasteiger partial charge in [-0.05, 0) is 5.92 Å². The van der Waals surface area contributed by atoms with E-state index in [2.05, 4.69) is 19.2 Å². The number of halogens is 1. The molecular weight excluding hydrogens is 188 g/mol. The molecule has 78 valence electrons. The van der Waals surface area contributed by atoms with Crippen molar-refractivity contribution in [2.75, 3.05) is 26.2 Å². The molecule has 1 N–H and O–H groups in total. The van der Waals surface area contributed by atoms with Gasteiger partial charge >= 0.3 is 0 Å². The largest absolute Gasteiger partial charge is 0.340 e. The second-order valence-electron chi connectivity index (χ2n) is 3.73. The van der Waals surface area contributed by atoms with Gasteiger partial charge in [0, 0.05) is 32.6 Å². The Morgan fingerprint density at radius 3 is 2.38 bits per heavy atom. The Hall–Kier alpha value is -0.280. The maximum atomic E-state index is 11.5. The number of hydrogen-bond acceptors (Lipinski definition) is 2. The van der Waals surface area contributed by atoms with Gasteiger partial charge in [0.05, 0.1) is 0 Å². The van der Waals surface area contributed by atoms with Crippen LogP contribution in [-0.4, -0.2) is 37.0 Å². The lowest BCUT2D eigenvalue weighted by atomic mass is 10.1. The lowest BCUT2D eigenvalue weighted by Crippen LogP contribution is -2.46. The highest BCUT2D eigenvalue weighted by atomic mass is 35.5. The molecule has 0 atom stereocenters. The number of amides is 1. The van der Waals surface area contributed by atoms with E-state index >= 15 is 0 Å². The number of carbonyl (C=O) groups is 1.